The quantitative estimate of drug-likeness (QED) is 0.779. The van der Waals surface area contributed by atoms with Crippen LogP contribution in [-0.4, -0.2) is 19.3 Å². The largest absolute Gasteiger partial charge is 0.488 e. The van der Waals surface area contributed by atoms with Gasteiger partial charge in [-0.3, -0.25) is 0 Å². The van der Waals surface area contributed by atoms with Crippen LogP contribution in [-0.2, 0) is 4.74 Å². The van der Waals surface area contributed by atoms with Crippen LogP contribution in [0.3, 0.4) is 0 Å². The highest BCUT2D eigenvalue weighted by molar-refractivity contribution is 5.86. The number of nitriles is 1. The highest BCUT2D eigenvalue weighted by Gasteiger charge is 2.17. The molecule has 0 radical (unpaired) electrons. The van der Waals surface area contributed by atoms with E-state index in [-0.39, 0.29) is 5.76 Å². The van der Waals surface area contributed by atoms with Crippen molar-refractivity contribution in [1.82, 2.24) is 0 Å². The normalized spacial score (nSPS) is 18.2. The third-order valence-electron chi connectivity index (χ3n) is 3.59. The number of hydrogen-bond donors (Lipinski definition) is 0. The molecule has 0 N–H and O–H groups in total. The number of nitrogens with zero attached hydrogens (tertiary/aromatic N) is 1. The number of benzene rings is 1. The van der Waals surface area contributed by atoms with E-state index in [0.717, 1.165) is 37.7 Å². The van der Waals surface area contributed by atoms with Crippen molar-refractivity contribution in [2.24, 2.45) is 0 Å². The summed E-state index contributed by atoms with van der Waals surface area (Å²) in [5.41, 5.74) is 0.693. The Hall–Kier alpha value is -1.99. The van der Waals surface area contributed by atoms with Gasteiger partial charge in [0, 0.05) is 6.61 Å². The lowest BCUT2D eigenvalue weighted by Crippen LogP contribution is -2.07. The lowest BCUT2D eigenvalue weighted by molar-refractivity contribution is 0.0981. The molecule has 2 aromatic rings. The molecule has 104 valence electrons. The average molecular weight is 271 g/mol. The minimum atomic E-state index is 0.253. The van der Waals surface area contributed by atoms with Crippen LogP contribution in [0, 0.1) is 11.3 Å². The Balaban J connectivity index is 1.63. The van der Waals surface area contributed by atoms with Gasteiger partial charge in [0.05, 0.1) is 18.1 Å². The van der Waals surface area contributed by atoms with Gasteiger partial charge in [-0.05, 0) is 37.8 Å². The highest BCUT2D eigenvalue weighted by atomic mass is 16.5. The van der Waals surface area contributed by atoms with Gasteiger partial charge in [0.2, 0.25) is 5.76 Å². The zero-order chi connectivity index (χ0) is 13.8. The monoisotopic (exact) mass is 271 g/mol. The van der Waals surface area contributed by atoms with E-state index in [2.05, 4.69) is 6.07 Å². The van der Waals surface area contributed by atoms with Crippen LogP contribution in [0.5, 0.6) is 5.75 Å². The van der Waals surface area contributed by atoms with Crippen molar-refractivity contribution >= 4 is 11.0 Å². The predicted molar refractivity (Wildman–Crippen MR) is 74.6 cm³/mol. The van der Waals surface area contributed by atoms with Gasteiger partial charge in [-0.25, -0.2) is 0 Å². The molecule has 0 bridgehead atoms. The Morgan fingerprint density at radius 2 is 2.25 bits per heavy atom. The molecule has 2 heterocycles. The summed E-state index contributed by atoms with van der Waals surface area (Å²) in [6, 6.07) is 9.60. The maximum Gasteiger partial charge on any atom is 0.246 e. The van der Waals surface area contributed by atoms with E-state index in [1.54, 1.807) is 0 Å². The molecule has 0 saturated carbocycles. The molecule has 3 rings (SSSR count). The summed E-state index contributed by atoms with van der Waals surface area (Å²) in [7, 11) is 0. The summed E-state index contributed by atoms with van der Waals surface area (Å²) in [5, 5.41) is 9.97. The Labute approximate surface area is 117 Å². The zero-order valence-corrected chi connectivity index (χ0v) is 11.3. The minimum absolute atomic E-state index is 0.253. The highest BCUT2D eigenvalue weighted by Crippen LogP contribution is 2.32. The predicted octanol–water partition coefficient (Wildman–Crippen LogP) is 3.64. The second-order valence-corrected chi connectivity index (χ2v) is 4.99. The molecular formula is C16H17NO3. The first kappa shape index (κ1) is 13.0. The summed E-state index contributed by atoms with van der Waals surface area (Å²) in [6.45, 7) is 1.47. The van der Waals surface area contributed by atoms with E-state index in [0.29, 0.717) is 24.0 Å². The van der Waals surface area contributed by atoms with E-state index < -0.39 is 0 Å². The number of ether oxygens (including phenoxy) is 2. The van der Waals surface area contributed by atoms with Gasteiger partial charge in [-0.2, -0.15) is 5.26 Å². The molecule has 1 unspecified atom stereocenters. The van der Waals surface area contributed by atoms with Gasteiger partial charge in [0.25, 0.3) is 0 Å². The smallest absolute Gasteiger partial charge is 0.246 e. The van der Waals surface area contributed by atoms with Crippen molar-refractivity contribution in [2.75, 3.05) is 13.2 Å². The number of furan rings is 1. The Kier molecular flexibility index (Phi) is 3.89. The number of hydrogen-bond acceptors (Lipinski definition) is 4. The zero-order valence-electron chi connectivity index (χ0n) is 11.3. The first-order valence-electron chi connectivity index (χ1n) is 7.04. The summed E-state index contributed by atoms with van der Waals surface area (Å²) in [5.74, 6) is 0.818. The third-order valence-corrected chi connectivity index (χ3v) is 3.59. The van der Waals surface area contributed by atoms with Crippen LogP contribution in [0.25, 0.3) is 11.0 Å². The van der Waals surface area contributed by atoms with Gasteiger partial charge >= 0.3 is 0 Å². The molecule has 4 nitrogen and oxygen atoms in total. The molecule has 1 aliphatic rings. The number of para-hydroxylation sites is 1. The van der Waals surface area contributed by atoms with Gasteiger partial charge in [0.1, 0.15) is 11.7 Å². The Morgan fingerprint density at radius 1 is 1.35 bits per heavy atom. The summed E-state index contributed by atoms with van der Waals surface area (Å²) >= 11 is 0. The van der Waals surface area contributed by atoms with E-state index in [1.165, 1.54) is 0 Å². The summed E-state index contributed by atoms with van der Waals surface area (Å²) in [6.07, 6.45) is 4.64. The molecule has 1 saturated heterocycles. The van der Waals surface area contributed by atoms with E-state index in [1.807, 2.05) is 24.3 Å². The van der Waals surface area contributed by atoms with Crippen LogP contribution >= 0.6 is 0 Å². The second-order valence-electron chi connectivity index (χ2n) is 4.99. The van der Waals surface area contributed by atoms with Crippen LogP contribution < -0.4 is 4.74 Å². The van der Waals surface area contributed by atoms with Crippen molar-refractivity contribution in [3.63, 3.8) is 0 Å². The minimum Gasteiger partial charge on any atom is -0.488 e. The van der Waals surface area contributed by atoms with Crippen molar-refractivity contribution in [2.45, 2.75) is 31.8 Å². The SMILES string of the molecule is N#Cc1oc2ccccc2c1OCCCC1CCCO1. The molecule has 1 atom stereocenters. The molecule has 1 aromatic heterocycles. The summed E-state index contributed by atoms with van der Waals surface area (Å²) in [4.78, 5) is 0. The van der Waals surface area contributed by atoms with Gasteiger partial charge < -0.3 is 13.9 Å². The molecule has 4 heteroatoms. The van der Waals surface area contributed by atoms with Crippen molar-refractivity contribution in [1.29, 1.82) is 5.26 Å². The van der Waals surface area contributed by atoms with Crippen molar-refractivity contribution < 1.29 is 13.9 Å². The standard InChI is InChI=1S/C16H17NO3/c17-11-15-16(13-7-1-2-8-14(13)20-15)19-10-4-6-12-5-3-9-18-12/h1-2,7-8,12H,3-6,9-10H2. The molecule has 0 aliphatic carbocycles. The van der Waals surface area contributed by atoms with Crippen molar-refractivity contribution in [3.05, 3.63) is 30.0 Å². The van der Waals surface area contributed by atoms with E-state index >= 15 is 0 Å². The molecule has 1 aliphatic heterocycles. The maximum absolute atomic E-state index is 9.10. The fourth-order valence-corrected chi connectivity index (χ4v) is 2.60. The fraction of sp³-hybridized carbons (Fsp3) is 0.438. The molecule has 20 heavy (non-hydrogen) atoms. The first-order chi connectivity index (χ1) is 9.88. The van der Waals surface area contributed by atoms with Crippen LogP contribution in [0.4, 0.5) is 0 Å². The second kappa shape index (κ2) is 5.98. The molecule has 0 spiro atoms. The van der Waals surface area contributed by atoms with Crippen LogP contribution in [0.1, 0.15) is 31.4 Å². The first-order valence-corrected chi connectivity index (χ1v) is 7.04. The molecule has 1 aromatic carbocycles. The van der Waals surface area contributed by atoms with E-state index in [4.69, 9.17) is 19.2 Å². The maximum atomic E-state index is 9.10. The van der Waals surface area contributed by atoms with E-state index in [9.17, 15) is 0 Å². The van der Waals surface area contributed by atoms with Crippen LogP contribution in [0.15, 0.2) is 28.7 Å². The Morgan fingerprint density at radius 3 is 3.05 bits per heavy atom. The topological polar surface area (TPSA) is 55.4 Å². The third kappa shape index (κ3) is 2.63. The lowest BCUT2D eigenvalue weighted by Gasteiger charge is -2.09. The molecular weight excluding hydrogens is 254 g/mol. The van der Waals surface area contributed by atoms with Gasteiger partial charge in [-0.15, -0.1) is 0 Å². The average Bonchev–Trinajstić information content (AvgIpc) is 3.11. The molecule has 0 amide bonds. The number of rotatable bonds is 5. The van der Waals surface area contributed by atoms with Crippen molar-refractivity contribution in [3.8, 4) is 11.8 Å². The van der Waals surface area contributed by atoms with Gasteiger partial charge in [0.15, 0.2) is 5.75 Å². The van der Waals surface area contributed by atoms with Crippen LogP contribution in [0.2, 0.25) is 0 Å². The number of fused-ring (bicyclic) bond motifs is 1. The fourth-order valence-electron chi connectivity index (χ4n) is 2.60. The summed E-state index contributed by atoms with van der Waals surface area (Å²) < 4.78 is 16.8. The Bertz CT molecular complexity index is 620. The lowest BCUT2D eigenvalue weighted by atomic mass is 10.1. The van der Waals surface area contributed by atoms with Gasteiger partial charge in [-0.1, -0.05) is 12.1 Å². The molecule has 1 fully saturated rings.